The SMILES string of the molecule is COc1cc(C=O)c(C(=O)C=Cc2ccc(C=O)cc2)c(O)c1CN1CCOCC1. The van der Waals surface area contributed by atoms with E-state index in [1.807, 2.05) is 0 Å². The molecule has 1 aliphatic heterocycles. The highest BCUT2D eigenvalue weighted by molar-refractivity contribution is 6.13. The number of aldehydes is 2. The molecule has 1 heterocycles. The number of hydrogen-bond donors (Lipinski definition) is 1. The van der Waals surface area contributed by atoms with Gasteiger partial charge in [0.1, 0.15) is 17.8 Å². The van der Waals surface area contributed by atoms with Crippen molar-refractivity contribution < 1.29 is 29.0 Å². The van der Waals surface area contributed by atoms with E-state index in [0.717, 1.165) is 6.29 Å². The molecule has 2 aromatic rings. The van der Waals surface area contributed by atoms with Crippen molar-refractivity contribution in [3.05, 3.63) is 64.2 Å². The van der Waals surface area contributed by atoms with E-state index in [1.54, 1.807) is 30.3 Å². The molecule has 156 valence electrons. The van der Waals surface area contributed by atoms with E-state index in [-0.39, 0.29) is 16.9 Å². The summed E-state index contributed by atoms with van der Waals surface area (Å²) in [7, 11) is 1.45. The van der Waals surface area contributed by atoms with Crippen molar-refractivity contribution in [1.82, 2.24) is 4.90 Å². The van der Waals surface area contributed by atoms with E-state index in [4.69, 9.17) is 9.47 Å². The quantitative estimate of drug-likeness (QED) is 0.407. The minimum Gasteiger partial charge on any atom is -0.507 e. The first-order valence-electron chi connectivity index (χ1n) is 9.53. The van der Waals surface area contributed by atoms with Crippen molar-refractivity contribution in [2.45, 2.75) is 6.54 Å². The van der Waals surface area contributed by atoms with Crippen molar-refractivity contribution in [2.75, 3.05) is 33.4 Å². The second-order valence-electron chi connectivity index (χ2n) is 6.86. The third-order valence-corrected chi connectivity index (χ3v) is 4.97. The summed E-state index contributed by atoms with van der Waals surface area (Å²) in [6.07, 6.45) is 4.13. The molecule has 1 N–H and O–H groups in total. The number of carbonyl (C=O) groups is 3. The molecule has 2 aromatic carbocycles. The minimum absolute atomic E-state index is 0.0565. The predicted octanol–water partition coefficient (Wildman–Crippen LogP) is 2.75. The number of aromatic hydroxyl groups is 1. The van der Waals surface area contributed by atoms with E-state index >= 15 is 0 Å². The lowest BCUT2D eigenvalue weighted by Crippen LogP contribution is -2.35. The maximum Gasteiger partial charge on any atom is 0.190 e. The van der Waals surface area contributed by atoms with Crippen LogP contribution < -0.4 is 4.74 Å². The van der Waals surface area contributed by atoms with Gasteiger partial charge >= 0.3 is 0 Å². The number of ketones is 1. The lowest BCUT2D eigenvalue weighted by molar-refractivity contribution is 0.0335. The Labute approximate surface area is 174 Å². The molecule has 0 atom stereocenters. The Morgan fingerprint density at radius 2 is 1.80 bits per heavy atom. The topological polar surface area (TPSA) is 93.1 Å². The molecule has 0 amide bonds. The molecule has 1 saturated heterocycles. The fourth-order valence-corrected chi connectivity index (χ4v) is 3.32. The van der Waals surface area contributed by atoms with Crippen LogP contribution in [0.5, 0.6) is 11.5 Å². The number of phenols is 1. The molecule has 0 unspecified atom stereocenters. The molecule has 1 fully saturated rings. The van der Waals surface area contributed by atoms with Gasteiger partial charge in [-0.15, -0.1) is 0 Å². The minimum atomic E-state index is -0.500. The molecular formula is C23H23NO6. The van der Waals surface area contributed by atoms with E-state index in [0.29, 0.717) is 61.6 Å². The number of allylic oxidation sites excluding steroid dienone is 1. The molecule has 0 aromatic heterocycles. The molecule has 3 rings (SSSR count). The van der Waals surface area contributed by atoms with Gasteiger partial charge in [0.2, 0.25) is 0 Å². The number of nitrogens with zero attached hydrogens (tertiary/aromatic N) is 1. The van der Waals surface area contributed by atoms with Gasteiger partial charge in [0.15, 0.2) is 12.1 Å². The zero-order chi connectivity index (χ0) is 21.5. The number of benzene rings is 2. The van der Waals surface area contributed by atoms with Gasteiger partial charge in [-0.2, -0.15) is 0 Å². The van der Waals surface area contributed by atoms with Crippen molar-refractivity contribution >= 4 is 24.4 Å². The molecule has 30 heavy (non-hydrogen) atoms. The van der Waals surface area contributed by atoms with E-state index in [2.05, 4.69) is 4.90 Å². The van der Waals surface area contributed by atoms with Gasteiger partial charge in [-0.05, 0) is 17.7 Å². The average molecular weight is 409 g/mol. The Hall–Kier alpha value is -3.29. The van der Waals surface area contributed by atoms with Crippen LogP contribution in [0.1, 0.15) is 42.2 Å². The van der Waals surface area contributed by atoms with Crippen LogP contribution in [0.25, 0.3) is 6.08 Å². The lowest BCUT2D eigenvalue weighted by Gasteiger charge is -2.28. The van der Waals surface area contributed by atoms with Crippen LogP contribution in [-0.4, -0.2) is 61.8 Å². The van der Waals surface area contributed by atoms with Crippen LogP contribution in [0.3, 0.4) is 0 Å². The van der Waals surface area contributed by atoms with Crippen LogP contribution in [0.4, 0.5) is 0 Å². The van der Waals surface area contributed by atoms with Crippen molar-refractivity contribution in [3.8, 4) is 11.5 Å². The second-order valence-corrected chi connectivity index (χ2v) is 6.86. The van der Waals surface area contributed by atoms with Crippen molar-refractivity contribution in [3.63, 3.8) is 0 Å². The third-order valence-electron chi connectivity index (χ3n) is 4.97. The smallest absolute Gasteiger partial charge is 0.190 e. The number of ether oxygens (including phenoxy) is 2. The second kappa shape index (κ2) is 9.96. The first-order chi connectivity index (χ1) is 14.6. The standard InChI is InChI=1S/C23H23NO6/c1-29-21-12-18(15-26)22(23(28)19(21)13-24-8-10-30-11-9-24)20(27)7-6-16-2-4-17(14-25)5-3-16/h2-7,12,14-15,28H,8-11,13H2,1H3. The number of methoxy groups -OCH3 is 1. The van der Waals surface area contributed by atoms with Crippen LogP contribution in [0.15, 0.2) is 36.4 Å². The normalized spacial score (nSPS) is 14.6. The maximum atomic E-state index is 12.8. The molecule has 7 nitrogen and oxygen atoms in total. The first kappa shape index (κ1) is 21.4. The molecular weight excluding hydrogens is 386 g/mol. The number of phenolic OH excluding ortho intramolecular Hbond substituents is 1. The van der Waals surface area contributed by atoms with Crippen LogP contribution in [0.2, 0.25) is 0 Å². The number of hydrogen-bond acceptors (Lipinski definition) is 7. The largest absolute Gasteiger partial charge is 0.507 e. The summed E-state index contributed by atoms with van der Waals surface area (Å²) < 4.78 is 10.7. The third kappa shape index (κ3) is 4.82. The Morgan fingerprint density at radius 1 is 1.13 bits per heavy atom. The molecule has 7 heteroatoms. The van der Waals surface area contributed by atoms with Crippen LogP contribution in [0, 0.1) is 0 Å². The summed E-state index contributed by atoms with van der Waals surface area (Å²) in [6.45, 7) is 2.93. The van der Waals surface area contributed by atoms with Crippen molar-refractivity contribution in [1.29, 1.82) is 0 Å². The molecule has 0 bridgehead atoms. The Bertz CT molecular complexity index is 959. The number of carbonyl (C=O) groups excluding carboxylic acids is 3. The van der Waals surface area contributed by atoms with E-state index in [1.165, 1.54) is 19.3 Å². The lowest BCUT2D eigenvalue weighted by atomic mass is 9.97. The Kier molecular flexibility index (Phi) is 7.11. The number of morpholine rings is 1. The highest BCUT2D eigenvalue weighted by Crippen LogP contribution is 2.35. The number of rotatable bonds is 8. The molecule has 0 saturated carbocycles. The van der Waals surface area contributed by atoms with E-state index < -0.39 is 5.78 Å². The van der Waals surface area contributed by atoms with Gasteiger partial charge in [-0.1, -0.05) is 30.3 Å². The van der Waals surface area contributed by atoms with Gasteiger partial charge in [0.25, 0.3) is 0 Å². The fraction of sp³-hybridized carbons (Fsp3) is 0.261. The molecule has 0 spiro atoms. The van der Waals surface area contributed by atoms with Gasteiger partial charge in [0, 0.05) is 30.8 Å². The monoisotopic (exact) mass is 409 g/mol. The summed E-state index contributed by atoms with van der Waals surface area (Å²) in [5.74, 6) is -0.403. The summed E-state index contributed by atoms with van der Waals surface area (Å²) in [6, 6.07) is 8.15. The fourth-order valence-electron chi connectivity index (χ4n) is 3.32. The summed E-state index contributed by atoms with van der Waals surface area (Å²) in [4.78, 5) is 37.3. The average Bonchev–Trinajstić information content (AvgIpc) is 2.79. The van der Waals surface area contributed by atoms with Gasteiger partial charge in [-0.3, -0.25) is 19.3 Å². The highest BCUT2D eigenvalue weighted by atomic mass is 16.5. The Balaban J connectivity index is 1.93. The van der Waals surface area contributed by atoms with E-state index in [9.17, 15) is 19.5 Å². The zero-order valence-corrected chi connectivity index (χ0v) is 16.7. The van der Waals surface area contributed by atoms with Crippen molar-refractivity contribution in [2.24, 2.45) is 0 Å². The van der Waals surface area contributed by atoms with Gasteiger partial charge in [0.05, 0.1) is 31.5 Å². The Morgan fingerprint density at radius 3 is 2.40 bits per heavy atom. The van der Waals surface area contributed by atoms with Gasteiger partial charge in [-0.25, -0.2) is 0 Å². The van der Waals surface area contributed by atoms with Gasteiger partial charge < -0.3 is 14.6 Å². The van der Waals surface area contributed by atoms with Crippen LogP contribution in [-0.2, 0) is 11.3 Å². The predicted molar refractivity (Wildman–Crippen MR) is 111 cm³/mol. The molecule has 0 aliphatic carbocycles. The first-order valence-corrected chi connectivity index (χ1v) is 9.53. The summed E-state index contributed by atoms with van der Waals surface area (Å²) in [5.41, 5.74) is 1.69. The maximum absolute atomic E-state index is 12.8. The summed E-state index contributed by atoms with van der Waals surface area (Å²) >= 11 is 0. The summed E-state index contributed by atoms with van der Waals surface area (Å²) in [5, 5.41) is 10.9. The van der Waals surface area contributed by atoms with Crippen LogP contribution >= 0.6 is 0 Å². The zero-order valence-electron chi connectivity index (χ0n) is 16.7. The molecule has 0 radical (unpaired) electrons. The highest BCUT2D eigenvalue weighted by Gasteiger charge is 2.24. The molecule has 1 aliphatic rings.